The molecule has 0 saturated carbocycles. The van der Waals surface area contributed by atoms with Gasteiger partial charge >= 0.3 is 6.18 Å². The summed E-state index contributed by atoms with van der Waals surface area (Å²) in [7, 11) is -3.43. The molecule has 1 fully saturated rings. The predicted molar refractivity (Wildman–Crippen MR) is 165 cm³/mol. The molecule has 3 N–H and O–H groups in total. The molecule has 0 bridgehead atoms. The van der Waals surface area contributed by atoms with Crippen molar-refractivity contribution in [1.82, 2.24) is 14.9 Å². The normalized spacial score (nSPS) is 15.7. The highest BCUT2D eigenvalue weighted by Crippen LogP contribution is 2.37. The summed E-state index contributed by atoms with van der Waals surface area (Å²) >= 11 is 0. The third-order valence-corrected chi connectivity index (χ3v) is 9.92. The largest absolute Gasteiger partial charge is 0.416 e. The first-order chi connectivity index (χ1) is 21.0. The number of nitrogens with one attached hydrogen (secondary N) is 1. The van der Waals surface area contributed by atoms with Crippen LogP contribution in [0.2, 0.25) is 0 Å². The van der Waals surface area contributed by atoms with Crippen LogP contribution in [-0.2, 0) is 28.0 Å². The van der Waals surface area contributed by atoms with Crippen molar-refractivity contribution in [2.45, 2.75) is 82.6 Å². The molecule has 0 spiro atoms. The van der Waals surface area contributed by atoms with E-state index in [1.165, 1.54) is 37.3 Å². The monoisotopic (exact) mass is 650 g/mol. The SMILES string of the molecule is CCS(=O)(=O)c1ccc([C@@H](CO)NC(=O)c2nc(C(C)(C)C)n(Cc3ccc(N4CCC(O)CC4)cc3C(F)(F)F)c2C)cc1. The number of hydrogen-bond donors (Lipinski definition) is 3. The van der Waals surface area contributed by atoms with Crippen molar-refractivity contribution in [3.63, 3.8) is 0 Å². The zero-order valence-electron chi connectivity index (χ0n) is 26.1. The molecule has 1 saturated heterocycles. The highest BCUT2D eigenvalue weighted by atomic mass is 32.2. The molecule has 13 heteroatoms. The van der Waals surface area contributed by atoms with Crippen molar-refractivity contribution in [2.24, 2.45) is 0 Å². The molecule has 4 rings (SSSR count). The minimum atomic E-state index is -4.63. The third-order valence-electron chi connectivity index (χ3n) is 8.17. The standard InChI is InChI=1S/C32H41F3N4O5S/c1-6-45(43,44)25-11-8-21(9-12-25)27(19-40)36-29(42)28-20(2)39(30(37-28)31(3,4)5)18-22-7-10-23(17-26(22)32(33,34)35)38-15-13-24(41)14-16-38/h7-12,17,24,27,40-41H,6,13-16,18-19H2,1-5H3,(H,36,42)/t27-/m1/s1. The maximum Gasteiger partial charge on any atom is 0.416 e. The second kappa shape index (κ2) is 13.1. The minimum Gasteiger partial charge on any atom is -0.394 e. The van der Waals surface area contributed by atoms with E-state index < -0.39 is 51.7 Å². The second-order valence-electron chi connectivity index (χ2n) is 12.4. The Kier molecular flexibility index (Phi) is 10.1. The van der Waals surface area contributed by atoms with Gasteiger partial charge in [-0.15, -0.1) is 0 Å². The van der Waals surface area contributed by atoms with Gasteiger partial charge in [0, 0.05) is 36.4 Å². The summed E-state index contributed by atoms with van der Waals surface area (Å²) in [5, 5.41) is 22.6. The number of benzene rings is 2. The van der Waals surface area contributed by atoms with Crippen molar-refractivity contribution < 1.29 is 36.6 Å². The summed E-state index contributed by atoms with van der Waals surface area (Å²) in [5.74, 6) is -0.274. The lowest BCUT2D eigenvalue weighted by Crippen LogP contribution is -2.36. The van der Waals surface area contributed by atoms with Crippen molar-refractivity contribution in [3.05, 3.63) is 76.4 Å². The quantitative estimate of drug-likeness (QED) is 0.305. The number of amides is 1. The number of carbonyl (C=O) groups is 1. The van der Waals surface area contributed by atoms with E-state index in [0.29, 0.717) is 48.7 Å². The first-order valence-corrected chi connectivity index (χ1v) is 16.6. The van der Waals surface area contributed by atoms with Crippen molar-refractivity contribution in [3.8, 4) is 0 Å². The average molecular weight is 651 g/mol. The van der Waals surface area contributed by atoms with Crippen LogP contribution in [0.4, 0.5) is 18.9 Å². The van der Waals surface area contributed by atoms with Crippen LogP contribution in [0.25, 0.3) is 0 Å². The van der Waals surface area contributed by atoms with E-state index in [-0.39, 0.29) is 28.5 Å². The fourth-order valence-corrected chi connectivity index (χ4v) is 6.39. The lowest BCUT2D eigenvalue weighted by Gasteiger charge is -2.32. The molecular formula is C32H41F3N4O5S. The van der Waals surface area contributed by atoms with Crippen LogP contribution in [-0.4, -0.2) is 65.6 Å². The van der Waals surface area contributed by atoms with Crippen LogP contribution in [0, 0.1) is 6.92 Å². The second-order valence-corrected chi connectivity index (χ2v) is 14.7. The molecule has 1 aliphatic heterocycles. The maximum absolute atomic E-state index is 14.4. The molecular weight excluding hydrogens is 609 g/mol. The Morgan fingerprint density at radius 2 is 1.71 bits per heavy atom. The summed E-state index contributed by atoms with van der Waals surface area (Å²) in [4.78, 5) is 20.0. The number of hydrogen-bond acceptors (Lipinski definition) is 7. The van der Waals surface area contributed by atoms with E-state index in [9.17, 15) is 36.6 Å². The molecule has 246 valence electrons. The molecule has 2 aromatic carbocycles. The zero-order chi connectivity index (χ0) is 33.3. The van der Waals surface area contributed by atoms with E-state index in [1.54, 1.807) is 17.6 Å². The molecule has 0 unspecified atom stereocenters. The number of anilines is 1. The Morgan fingerprint density at radius 1 is 1.09 bits per heavy atom. The van der Waals surface area contributed by atoms with Crippen molar-refractivity contribution in [2.75, 3.05) is 30.3 Å². The van der Waals surface area contributed by atoms with Crippen molar-refractivity contribution in [1.29, 1.82) is 0 Å². The average Bonchev–Trinajstić information content (AvgIpc) is 3.32. The summed E-state index contributed by atoms with van der Waals surface area (Å²) in [6, 6.07) is 9.25. The zero-order valence-corrected chi connectivity index (χ0v) is 27.0. The van der Waals surface area contributed by atoms with Gasteiger partial charge in [0.25, 0.3) is 5.91 Å². The molecule has 3 aromatic rings. The van der Waals surface area contributed by atoms with E-state index in [2.05, 4.69) is 10.3 Å². The number of rotatable bonds is 9. The van der Waals surface area contributed by atoms with Gasteiger partial charge in [0.1, 0.15) is 11.5 Å². The fourth-order valence-electron chi connectivity index (χ4n) is 5.51. The third kappa shape index (κ3) is 7.70. The Balaban J connectivity index is 1.66. The summed E-state index contributed by atoms with van der Waals surface area (Å²) in [6.45, 7) is 8.99. The van der Waals surface area contributed by atoms with E-state index in [1.807, 2.05) is 25.7 Å². The minimum absolute atomic E-state index is 0.0145. The van der Waals surface area contributed by atoms with Crippen LogP contribution in [0.3, 0.4) is 0 Å². The van der Waals surface area contributed by atoms with Gasteiger partial charge in [-0.3, -0.25) is 4.79 Å². The van der Waals surface area contributed by atoms with Gasteiger partial charge in [0.15, 0.2) is 9.84 Å². The summed E-state index contributed by atoms with van der Waals surface area (Å²) in [5.41, 5.74) is -0.0939. The van der Waals surface area contributed by atoms with Crippen LogP contribution >= 0.6 is 0 Å². The predicted octanol–water partition coefficient (Wildman–Crippen LogP) is 4.77. The molecule has 1 amide bonds. The number of carbonyl (C=O) groups excluding carboxylic acids is 1. The van der Waals surface area contributed by atoms with Gasteiger partial charge in [-0.05, 0) is 55.2 Å². The number of alkyl halides is 3. The molecule has 0 aliphatic carbocycles. The molecule has 0 radical (unpaired) electrons. The number of piperidine rings is 1. The van der Waals surface area contributed by atoms with Crippen LogP contribution in [0.5, 0.6) is 0 Å². The number of aliphatic hydroxyl groups is 2. The number of sulfone groups is 1. The number of aliphatic hydroxyl groups excluding tert-OH is 2. The Bertz CT molecular complexity index is 1620. The van der Waals surface area contributed by atoms with Gasteiger partial charge in [0.2, 0.25) is 0 Å². The van der Waals surface area contributed by atoms with Gasteiger partial charge in [-0.2, -0.15) is 13.2 Å². The summed E-state index contributed by atoms with van der Waals surface area (Å²) < 4.78 is 69.1. The number of nitrogens with zero attached hydrogens (tertiary/aromatic N) is 3. The highest BCUT2D eigenvalue weighted by molar-refractivity contribution is 7.91. The van der Waals surface area contributed by atoms with Crippen LogP contribution < -0.4 is 10.2 Å². The fraction of sp³-hybridized carbons (Fsp3) is 0.500. The van der Waals surface area contributed by atoms with Gasteiger partial charge in [-0.25, -0.2) is 13.4 Å². The Morgan fingerprint density at radius 3 is 2.24 bits per heavy atom. The summed E-state index contributed by atoms with van der Waals surface area (Å²) in [6.07, 6.45) is -4.11. The maximum atomic E-state index is 14.4. The van der Waals surface area contributed by atoms with E-state index in [0.717, 1.165) is 6.07 Å². The molecule has 2 heterocycles. The topological polar surface area (TPSA) is 125 Å². The molecule has 45 heavy (non-hydrogen) atoms. The van der Waals surface area contributed by atoms with E-state index in [4.69, 9.17) is 0 Å². The molecule has 9 nitrogen and oxygen atoms in total. The molecule has 1 aromatic heterocycles. The lowest BCUT2D eigenvalue weighted by molar-refractivity contribution is -0.138. The van der Waals surface area contributed by atoms with Crippen LogP contribution in [0.1, 0.15) is 85.3 Å². The van der Waals surface area contributed by atoms with Crippen LogP contribution in [0.15, 0.2) is 47.4 Å². The smallest absolute Gasteiger partial charge is 0.394 e. The first-order valence-electron chi connectivity index (χ1n) is 14.9. The first kappa shape index (κ1) is 34.5. The highest BCUT2D eigenvalue weighted by Gasteiger charge is 2.36. The Hall–Kier alpha value is -3.42. The van der Waals surface area contributed by atoms with Gasteiger partial charge < -0.3 is 25.0 Å². The lowest BCUT2D eigenvalue weighted by atomic mass is 9.95. The van der Waals surface area contributed by atoms with Crippen molar-refractivity contribution >= 4 is 21.4 Å². The Labute approximate surface area is 262 Å². The molecule has 1 atom stereocenters. The number of halogens is 3. The number of aromatic nitrogens is 2. The van der Waals surface area contributed by atoms with Gasteiger partial charge in [-0.1, -0.05) is 45.9 Å². The number of imidazole rings is 1. The molecule has 1 aliphatic rings. The van der Waals surface area contributed by atoms with E-state index >= 15 is 0 Å². The van der Waals surface area contributed by atoms with Gasteiger partial charge in [0.05, 0.1) is 35.0 Å².